The lowest BCUT2D eigenvalue weighted by Crippen LogP contribution is -2.25. The molecule has 10 heavy (non-hydrogen) atoms. The Morgan fingerprint density at radius 2 is 1.90 bits per heavy atom. The molecule has 0 saturated carbocycles. The highest BCUT2D eigenvalue weighted by molar-refractivity contribution is 4.75. The SMILES string of the molecule is C=CCCC(F)(F)C(F)F. The van der Waals surface area contributed by atoms with Gasteiger partial charge in [-0.2, -0.15) is 0 Å². The van der Waals surface area contributed by atoms with E-state index in [0.29, 0.717) is 0 Å². The number of hydrogen-bond acceptors (Lipinski definition) is 0. The first-order chi connectivity index (χ1) is 4.50. The monoisotopic (exact) mass is 156 g/mol. The van der Waals surface area contributed by atoms with Crippen molar-refractivity contribution >= 4 is 0 Å². The predicted octanol–water partition coefficient (Wildman–Crippen LogP) is 2.85. The zero-order valence-electron chi connectivity index (χ0n) is 5.29. The third kappa shape index (κ3) is 2.85. The van der Waals surface area contributed by atoms with Crippen molar-refractivity contribution < 1.29 is 17.6 Å². The molecule has 0 amide bonds. The van der Waals surface area contributed by atoms with Gasteiger partial charge in [-0.3, -0.25) is 0 Å². The van der Waals surface area contributed by atoms with Crippen LogP contribution in [0.25, 0.3) is 0 Å². The second-order valence-electron chi connectivity index (χ2n) is 1.89. The van der Waals surface area contributed by atoms with Crippen molar-refractivity contribution in [3.63, 3.8) is 0 Å². The van der Waals surface area contributed by atoms with Crippen molar-refractivity contribution in [1.82, 2.24) is 0 Å². The van der Waals surface area contributed by atoms with E-state index < -0.39 is 18.8 Å². The molecular formula is C6H8F4. The number of halogens is 4. The Morgan fingerprint density at radius 1 is 1.40 bits per heavy atom. The Balaban J connectivity index is 3.74. The van der Waals surface area contributed by atoms with E-state index in [4.69, 9.17) is 0 Å². The highest BCUT2D eigenvalue weighted by Crippen LogP contribution is 2.27. The fourth-order valence-corrected chi connectivity index (χ4v) is 0.404. The lowest BCUT2D eigenvalue weighted by atomic mass is 10.2. The molecule has 60 valence electrons. The van der Waals surface area contributed by atoms with E-state index in [1.165, 1.54) is 6.08 Å². The summed E-state index contributed by atoms with van der Waals surface area (Å²) in [6, 6.07) is 0. The molecule has 0 aromatic carbocycles. The van der Waals surface area contributed by atoms with Crippen LogP contribution in [-0.2, 0) is 0 Å². The van der Waals surface area contributed by atoms with E-state index in [1.54, 1.807) is 0 Å². The van der Waals surface area contributed by atoms with Crippen molar-refractivity contribution in [2.45, 2.75) is 25.2 Å². The third-order valence-electron chi connectivity index (χ3n) is 1.00. The molecule has 0 saturated heterocycles. The summed E-state index contributed by atoms with van der Waals surface area (Å²) in [5.41, 5.74) is 0. The van der Waals surface area contributed by atoms with Gasteiger partial charge in [0.25, 0.3) is 0 Å². The van der Waals surface area contributed by atoms with Crippen LogP contribution < -0.4 is 0 Å². The van der Waals surface area contributed by atoms with Crippen LogP contribution in [0.1, 0.15) is 12.8 Å². The van der Waals surface area contributed by atoms with Crippen LogP contribution in [0.3, 0.4) is 0 Å². The van der Waals surface area contributed by atoms with Gasteiger partial charge >= 0.3 is 12.3 Å². The van der Waals surface area contributed by atoms with Crippen molar-refractivity contribution in [3.8, 4) is 0 Å². The molecule has 0 aliphatic rings. The first-order valence-corrected chi connectivity index (χ1v) is 2.77. The molecular weight excluding hydrogens is 148 g/mol. The summed E-state index contributed by atoms with van der Waals surface area (Å²) in [7, 11) is 0. The van der Waals surface area contributed by atoms with Gasteiger partial charge < -0.3 is 0 Å². The zero-order chi connectivity index (χ0) is 8.20. The Morgan fingerprint density at radius 3 is 2.20 bits per heavy atom. The summed E-state index contributed by atoms with van der Waals surface area (Å²) in [4.78, 5) is 0. The van der Waals surface area contributed by atoms with Gasteiger partial charge in [-0.05, 0) is 6.42 Å². The Hall–Kier alpha value is -0.540. The van der Waals surface area contributed by atoms with E-state index in [1.807, 2.05) is 0 Å². The Bertz CT molecular complexity index is 108. The maximum Gasteiger partial charge on any atom is 0.307 e. The quantitative estimate of drug-likeness (QED) is 0.433. The fourth-order valence-electron chi connectivity index (χ4n) is 0.404. The Labute approximate surface area is 56.5 Å². The highest BCUT2D eigenvalue weighted by Gasteiger charge is 2.39. The van der Waals surface area contributed by atoms with Gasteiger partial charge in [0, 0.05) is 6.42 Å². The van der Waals surface area contributed by atoms with Crippen LogP contribution in [0, 0.1) is 0 Å². The molecule has 4 heteroatoms. The molecule has 0 heterocycles. The maximum atomic E-state index is 11.9. The molecule has 0 bridgehead atoms. The molecule has 0 aliphatic heterocycles. The van der Waals surface area contributed by atoms with Crippen molar-refractivity contribution in [2.75, 3.05) is 0 Å². The first-order valence-electron chi connectivity index (χ1n) is 2.77. The molecule has 0 fully saturated rings. The summed E-state index contributed by atoms with van der Waals surface area (Å²) in [5, 5.41) is 0. The van der Waals surface area contributed by atoms with Gasteiger partial charge in [-0.1, -0.05) is 6.08 Å². The van der Waals surface area contributed by atoms with Gasteiger partial charge in [0.05, 0.1) is 0 Å². The van der Waals surface area contributed by atoms with Crippen LogP contribution in [0.2, 0.25) is 0 Å². The van der Waals surface area contributed by atoms with E-state index in [-0.39, 0.29) is 6.42 Å². The van der Waals surface area contributed by atoms with E-state index in [2.05, 4.69) is 6.58 Å². The van der Waals surface area contributed by atoms with Crippen molar-refractivity contribution in [2.24, 2.45) is 0 Å². The van der Waals surface area contributed by atoms with Crippen LogP contribution in [0.4, 0.5) is 17.6 Å². The van der Waals surface area contributed by atoms with Crippen LogP contribution in [-0.4, -0.2) is 12.3 Å². The van der Waals surface area contributed by atoms with Crippen LogP contribution in [0.15, 0.2) is 12.7 Å². The summed E-state index contributed by atoms with van der Waals surface area (Å²) < 4.78 is 46.6. The second kappa shape index (κ2) is 3.58. The average molecular weight is 156 g/mol. The third-order valence-corrected chi connectivity index (χ3v) is 1.00. The van der Waals surface area contributed by atoms with Gasteiger partial charge in [0.15, 0.2) is 0 Å². The predicted molar refractivity (Wildman–Crippen MR) is 30.4 cm³/mol. The van der Waals surface area contributed by atoms with Crippen molar-refractivity contribution in [3.05, 3.63) is 12.7 Å². The average Bonchev–Trinajstić information content (AvgIpc) is 1.84. The molecule has 0 nitrogen and oxygen atoms in total. The fraction of sp³-hybridized carbons (Fsp3) is 0.667. The van der Waals surface area contributed by atoms with Crippen LogP contribution >= 0.6 is 0 Å². The lowest BCUT2D eigenvalue weighted by molar-refractivity contribution is -0.132. The number of hydrogen-bond donors (Lipinski definition) is 0. The minimum atomic E-state index is -3.85. The lowest BCUT2D eigenvalue weighted by Gasteiger charge is -2.12. The van der Waals surface area contributed by atoms with Gasteiger partial charge in [-0.15, -0.1) is 6.58 Å². The highest BCUT2D eigenvalue weighted by atomic mass is 19.3. The van der Waals surface area contributed by atoms with Crippen LogP contribution in [0.5, 0.6) is 0 Å². The molecule has 0 N–H and O–H groups in total. The minimum absolute atomic E-state index is 0.0860. The molecule has 0 radical (unpaired) electrons. The van der Waals surface area contributed by atoms with Gasteiger partial charge in [-0.25, -0.2) is 17.6 Å². The van der Waals surface area contributed by atoms with E-state index in [9.17, 15) is 17.6 Å². The van der Waals surface area contributed by atoms with Gasteiger partial charge in [0.1, 0.15) is 0 Å². The molecule has 0 atom stereocenters. The molecule has 0 aromatic heterocycles. The minimum Gasteiger partial charge on any atom is -0.204 e. The van der Waals surface area contributed by atoms with Gasteiger partial charge in [0.2, 0.25) is 0 Å². The number of allylic oxidation sites excluding steroid dienone is 1. The standard InChI is InChI=1S/C6H8F4/c1-2-3-4-6(9,10)5(7)8/h2,5H,1,3-4H2. The Kier molecular flexibility index (Phi) is 3.39. The molecule has 0 spiro atoms. The first kappa shape index (κ1) is 9.46. The van der Waals surface area contributed by atoms with E-state index >= 15 is 0 Å². The molecule has 0 aromatic rings. The summed E-state index contributed by atoms with van der Waals surface area (Å²) in [6.45, 7) is 3.14. The number of rotatable bonds is 4. The van der Waals surface area contributed by atoms with Crippen molar-refractivity contribution in [1.29, 1.82) is 0 Å². The summed E-state index contributed by atoms with van der Waals surface area (Å²) in [5.74, 6) is -3.85. The summed E-state index contributed by atoms with van der Waals surface area (Å²) >= 11 is 0. The molecule has 0 aliphatic carbocycles. The largest absolute Gasteiger partial charge is 0.307 e. The second-order valence-corrected chi connectivity index (χ2v) is 1.89. The number of alkyl halides is 4. The normalized spacial score (nSPS) is 12.1. The zero-order valence-corrected chi connectivity index (χ0v) is 5.29. The molecule has 0 unspecified atom stereocenters. The summed E-state index contributed by atoms with van der Waals surface area (Å²) in [6.07, 6.45) is -3.28. The smallest absolute Gasteiger partial charge is 0.204 e. The molecule has 0 rings (SSSR count). The van der Waals surface area contributed by atoms with E-state index in [0.717, 1.165) is 0 Å². The topological polar surface area (TPSA) is 0 Å². The maximum absolute atomic E-state index is 11.9.